The van der Waals surface area contributed by atoms with Gasteiger partial charge in [0.25, 0.3) is 0 Å². The minimum absolute atomic E-state index is 0.0374. The zero-order chi connectivity index (χ0) is 13.9. The van der Waals surface area contributed by atoms with Crippen LogP contribution in [0.4, 0.5) is 24.9 Å². The summed E-state index contributed by atoms with van der Waals surface area (Å²) in [6.07, 6.45) is -3.10. The molecule has 19 heavy (non-hydrogen) atoms. The molecular weight excluding hydrogens is 263 g/mol. The third-order valence-corrected chi connectivity index (χ3v) is 2.72. The number of ether oxygens (including phenoxy) is 1. The summed E-state index contributed by atoms with van der Waals surface area (Å²) in [5.41, 5.74) is 0.993. The minimum atomic E-state index is -4.54. The lowest BCUT2D eigenvalue weighted by Crippen LogP contribution is -2.28. The molecule has 2 heterocycles. The normalized spacial score (nSPS) is 17.3. The molecule has 0 amide bonds. The van der Waals surface area contributed by atoms with Crippen molar-refractivity contribution in [2.45, 2.75) is 25.1 Å². The van der Waals surface area contributed by atoms with Crippen molar-refractivity contribution >= 4 is 11.8 Å². The van der Waals surface area contributed by atoms with E-state index in [0.29, 0.717) is 13.2 Å². The molecule has 1 saturated heterocycles. The second-order valence-corrected chi connectivity index (χ2v) is 4.14. The van der Waals surface area contributed by atoms with Crippen molar-refractivity contribution in [3.05, 3.63) is 11.8 Å². The topological polar surface area (TPSA) is 85.1 Å². The Kier molecular flexibility index (Phi) is 4.05. The number of anilines is 2. The van der Waals surface area contributed by atoms with Gasteiger partial charge in [0, 0.05) is 25.3 Å². The Morgan fingerprint density at radius 3 is 2.53 bits per heavy atom. The number of hydrazine groups is 1. The number of alkyl halides is 3. The Labute approximate surface area is 107 Å². The van der Waals surface area contributed by atoms with Crippen molar-refractivity contribution in [2.24, 2.45) is 5.84 Å². The van der Waals surface area contributed by atoms with Crippen LogP contribution in [-0.4, -0.2) is 29.2 Å². The number of nitrogen functional groups attached to an aromatic ring is 1. The van der Waals surface area contributed by atoms with Crippen LogP contribution < -0.4 is 16.6 Å². The van der Waals surface area contributed by atoms with Gasteiger partial charge in [-0.25, -0.2) is 10.8 Å². The van der Waals surface area contributed by atoms with Gasteiger partial charge in [0.05, 0.1) is 0 Å². The predicted octanol–water partition coefficient (Wildman–Crippen LogP) is 1.37. The van der Waals surface area contributed by atoms with Gasteiger partial charge in [0.1, 0.15) is 5.82 Å². The average Bonchev–Trinajstić information content (AvgIpc) is 2.38. The highest BCUT2D eigenvalue weighted by atomic mass is 19.4. The third kappa shape index (κ3) is 3.67. The van der Waals surface area contributed by atoms with Gasteiger partial charge < -0.3 is 10.1 Å². The molecule has 0 aromatic carbocycles. The molecule has 1 aromatic rings. The van der Waals surface area contributed by atoms with Crippen molar-refractivity contribution in [2.75, 3.05) is 24.0 Å². The molecular formula is C10H14F3N5O. The maximum atomic E-state index is 12.7. The van der Waals surface area contributed by atoms with E-state index in [4.69, 9.17) is 10.6 Å². The molecule has 0 bridgehead atoms. The minimum Gasteiger partial charge on any atom is -0.381 e. The van der Waals surface area contributed by atoms with Crippen molar-refractivity contribution in [1.29, 1.82) is 0 Å². The fourth-order valence-corrected chi connectivity index (χ4v) is 1.78. The lowest BCUT2D eigenvalue weighted by molar-refractivity contribution is -0.141. The van der Waals surface area contributed by atoms with Gasteiger partial charge in [-0.2, -0.15) is 18.2 Å². The van der Waals surface area contributed by atoms with Crippen LogP contribution in [0.3, 0.4) is 0 Å². The smallest absolute Gasteiger partial charge is 0.381 e. The number of nitrogens with one attached hydrogen (secondary N) is 2. The van der Waals surface area contributed by atoms with Gasteiger partial charge in [0.2, 0.25) is 5.95 Å². The van der Waals surface area contributed by atoms with E-state index < -0.39 is 11.9 Å². The number of halogens is 3. The van der Waals surface area contributed by atoms with Crippen LogP contribution in [0, 0.1) is 0 Å². The van der Waals surface area contributed by atoms with Crippen LogP contribution in [0.15, 0.2) is 6.07 Å². The molecule has 1 aliphatic rings. The molecule has 0 radical (unpaired) electrons. The van der Waals surface area contributed by atoms with Crippen LogP contribution in [0.5, 0.6) is 0 Å². The van der Waals surface area contributed by atoms with E-state index in [1.807, 2.05) is 5.43 Å². The number of nitrogens with zero attached hydrogens (tertiary/aromatic N) is 2. The predicted molar refractivity (Wildman–Crippen MR) is 62.3 cm³/mol. The Balaban J connectivity index is 2.19. The Bertz CT molecular complexity index is 434. The monoisotopic (exact) mass is 277 g/mol. The van der Waals surface area contributed by atoms with E-state index in [2.05, 4.69) is 15.3 Å². The second kappa shape index (κ2) is 5.57. The maximum Gasteiger partial charge on any atom is 0.433 e. The van der Waals surface area contributed by atoms with Gasteiger partial charge in [-0.05, 0) is 12.8 Å². The van der Waals surface area contributed by atoms with E-state index in [1.165, 1.54) is 0 Å². The fraction of sp³-hybridized carbons (Fsp3) is 0.600. The van der Waals surface area contributed by atoms with E-state index >= 15 is 0 Å². The summed E-state index contributed by atoms with van der Waals surface area (Å²) < 4.78 is 43.1. The number of nitrogens with two attached hydrogens (primary N) is 1. The molecule has 0 saturated carbocycles. The first-order chi connectivity index (χ1) is 8.99. The van der Waals surface area contributed by atoms with Gasteiger partial charge in [-0.1, -0.05) is 0 Å². The van der Waals surface area contributed by atoms with Crippen LogP contribution in [0.1, 0.15) is 18.5 Å². The molecule has 2 rings (SSSR count). The number of aromatic nitrogens is 2. The lowest BCUT2D eigenvalue weighted by Gasteiger charge is -2.24. The van der Waals surface area contributed by atoms with Crippen molar-refractivity contribution in [1.82, 2.24) is 9.97 Å². The van der Waals surface area contributed by atoms with Gasteiger partial charge in [-0.3, -0.25) is 5.43 Å². The summed E-state index contributed by atoms with van der Waals surface area (Å²) in [4.78, 5) is 7.14. The maximum absolute atomic E-state index is 12.7. The summed E-state index contributed by atoms with van der Waals surface area (Å²) in [6, 6.07) is 0.909. The molecule has 106 valence electrons. The van der Waals surface area contributed by atoms with Gasteiger partial charge in [0.15, 0.2) is 5.69 Å². The largest absolute Gasteiger partial charge is 0.433 e. The number of rotatable bonds is 3. The SMILES string of the molecule is NNc1nc(NC2CCOCC2)cc(C(F)(F)F)n1. The highest BCUT2D eigenvalue weighted by Crippen LogP contribution is 2.29. The Morgan fingerprint density at radius 2 is 1.95 bits per heavy atom. The Morgan fingerprint density at radius 1 is 1.26 bits per heavy atom. The molecule has 1 aliphatic heterocycles. The highest BCUT2D eigenvalue weighted by molar-refractivity contribution is 5.43. The van der Waals surface area contributed by atoms with Crippen LogP contribution in [0.2, 0.25) is 0 Å². The first kappa shape index (κ1) is 13.8. The summed E-state index contributed by atoms with van der Waals surface area (Å²) in [5, 5.41) is 2.94. The van der Waals surface area contributed by atoms with Gasteiger partial charge >= 0.3 is 6.18 Å². The number of hydrogen-bond donors (Lipinski definition) is 3. The Hall–Kier alpha value is -1.61. The molecule has 0 spiro atoms. The fourth-order valence-electron chi connectivity index (χ4n) is 1.78. The summed E-state index contributed by atoms with van der Waals surface area (Å²) in [7, 11) is 0. The van der Waals surface area contributed by atoms with E-state index in [-0.39, 0.29) is 17.8 Å². The van der Waals surface area contributed by atoms with E-state index in [1.54, 1.807) is 0 Å². The van der Waals surface area contributed by atoms with E-state index in [0.717, 1.165) is 18.9 Å². The van der Waals surface area contributed by atoms with Crippen LogP contribution in [0.25, 0.3) is 0 Å². The summed E-state index contributed by atoms with van der Waals surface area (Å²) >= 11 is 0. The molecule has 4 N–H and O–H groups in total. The van der Waals surface area contributed by atoms with E-state index in [9.17, 15) is 13.2 Å². The molecule has 6 nitrogen and oxygen atoms in total. The summed E-state index contributed by atoms with van der Waals surface area (Å²) in [6.45, 7) is 1.16. The lowest BCUT2D eigenvalue weighted by atomic mass is 10.1. The van der Waals surface area contributed by atoms with Crippen LogP contribution >= 0.6 is 0 Å². The molecule has 1 fully saturated rings. The van der Waals surface area contributed by atoms with Crippen molar-refractivity contribution in [3.8, 4) is 0 Å². The van der Waals surface area contributed by atoms with Crippen molar-refractivity contribution in [3.63, 3.8) is 0 Å². The zero-order valence-electron chi connectivity index (χ0n) is 10.00. The summed E-state index contributed by atoms with van der Waals surface area (Å²) in [5.74, 6) is 4.90. The molecule has 0 aliphatic carbocycles. The highest BCUT2D eigenvalue weighted by Gasteiger charge is 2.34. The van der Waals surface area contributed by atoms with Crippen molar-refractivity contribution < 1.29 is 17.9 Å². The molecule has 9 heteroatoms. The molecule has 0 atom stereocenters. The second-order valence-electron chi connectivity index (χ2n) is 4.14. The average molecular weight is 277 g/mol. The zero-order valence-corrected chi connectivity index (χ0v) is 10.00. The van der Waals surface area contributed by atoms with Crippen LogP contribution in [-0.2, 0) is 10.9 Å². The standard InChI is InChI=1S/C10H14F3N5O/c11-10(12,13)7-5-8(17-9(16-7)18-14)15-6-1-3-19-4-2-6/h5-6H,1-4,14H2,(H2,15,16,17,18). The molecule has 0 unspecified atom stereocenters. The number of hydrogen-bond acceptors (Lipinski definition) is 6. The first-order valence-corrected chi connectivity index (χ1v) is 5.76. The quantitative estimate of drug-likeness (QED) is 0.571. The third-order valence-electron chi connectivity index (χ3n) is 2.72. The van der Waals surface area contributed by atoms with Gasteiger partial charge in [-0.15, -0.1) is 0 Å². The molecule has 1 aromatic heterocycles. The first-order valence-electron chi connectivity index (χ1n) is 5.76.